The van der Waals surface area contributed by atoms with Gasteiger partial charge >= 0.3 is 0 Å². The zero-order valence-corrected chi connectivity index (χ0v) is 10.8. The summed E-state index contributed by atoms with van der Waals surface area (Å²) in [5.74, 6) is 1.31. The van der Waals surface area contributed by atoms with Crippen LogP contribution in [0.5, 0.6) is 0 Å². The molecule has 0 bridgehead atoms. The lowest BCUT2D eigenvalue weighted by molar-refractivity contribution is -0.0770. The van der Waals surface area contributed by atoms with Crippen molar-refractivity contribution >= 4 is 0 Å². The maximum atomic E-state index is 5.79. The van der Waals surface area contributed by atoms with E-state index >= 15 is 0 Å². The molecule has 1 aromatic heterocycles. The van der Waals surface area contributed by atoms with Crippen molar-refractivity contribution in [3.63, 3.8) is 0 Å². The minimum Gasteiger partial charge on any atom is -0.367 e. The van der Waals surface area contributed by atoms with Crippen LogP contribution < -0.4 is 5.32 Å². The Hall–Kier alpha value is -0.940. The molecule has 0 radical (unpaired) electrons. The van der Waals surface area contributed by atoms with E-state index in [1.54, 1.807) is 0 Å². The topological polar surface area (TPSA) is 60.2 Å². The summed E-state index contributed by atoms with van der Waals surface area (Å²) in [4.78, 5) is 4.41. The lowest BCUT2D eigenvalue weighted by atomic mass is 9.95. The highest BCUT2D eigenvalue weighted by Crippen LogP contribution is 2.32. The number of ether oxygens (including phenoxy) is 1. The monoisotopic (exact) mass is 239 g/mol. The van der Waals surface area contributed by atoms with E-state index in [0.717, 1.165) is 25.9 Å². The quantitative estimate of drug-likeness (QED) is 0.870. The molecule has 5 heteroatoms. The molecule has 17 heavy (non-hydrogen) atoms. The SMILES string of the molecule is CC(C)NCc1nc(C2(C)CCCCO2)no1. The van der Waals surface area contributed by atoms with Gasteiger partial charge < -0.3 is 14.6 Å². The summed E-state index contributed by atoms with van der Waals surface area (Å²) in [6.07, 6.45) is 3.24. The van der Waals surface area contributed by atoms with Crippen molar-refractivity contribution in [3.05, 3.63) is 11.7 Å². The maximum absolute atomic E-state index is 5.79. The summed E-state index contributed by atoms with van der Waals surface area (Å²) in [6, 6.07) is 0.409. The van der Waals surface area contributed by atoms with Crippen molar-refractivity contribution in [1.29, 1.82) is 0 Å². The van der Waals surface area contributed by atoms with Gasteiger partial charge in [-0.05, 0) is 26.2 Å². The number of nitrogens with one attached hydrogen (secondary N) is 1. The first-order chi connectivity index (χ1) is 8.10. The zero-order valence-electron chi connectivity index (χ0n) is 10.8. The van der Waals surface area contributed by atoms with E-state index in [0.29, 0.717) is 24.3 Å². The van der Waals surface area contributed by atoms with Gasteiger partial charge in [0.05, 0.1) is 6.54 Å². The molecular weight excluding hydrogens is 218 g/mol. The number of aromatic nitrogens is 2. The summed E-state index contributed by atoms with van der Waals surface area (Å²) < 4.78 is 11.0. The van der Waals surface area contributed by atoms with Crippen molar-refractivity contribution in [2.75, 3.05) is 6.61 Å². The molecule has 1 N–H and O–H groups in total. The molecule has 2 heterocycles. The first-order valence-corrected chi connectivity index (χ1v) is 6.30. The highest BCUT2D eigenvalue weighted by Gasteiger charge is 2.34. The Bertz CT molecular complexity index is 356. The molecule has 2 rings (SSSR count). The van der Waals surface area contributed by atoms with Crippen LogP contribution >= 0.6 is 0 Å². The Morgan fingerprint density at radius 3 is 2.88 bits per heavy atom. The molecule has 1 atom stereocenters. The van der Waals surface area contributed by atoms with Crippen LogP contribution in [0.3, 0.4) is 0 Å². The predicted molar refractivity (Wildman–Crippen MR) is 63.4 cm³/mol. The number of hydrogen-bond acceptors (Lipinski definition) is 5. The van der Waals surface area contributed by atoms with E-state index in [2.05, 4.69) is 29.3 Å². The Morgan fingerprint density at radius 1 is 1.41 bits per heavy atom. The molecule has 1 aromatic rings. The van der Waals surface area contributed by atoms with E-state index in [1.165, 1.54) is 0 Å². The molecule has 0 aliphatic carbocycles. The normalized spacial score (nSPS) is 25.4. The summed E-state index contributed by atoms with van der Waals surface area (Å²) in [5, 5.41) is 7.29. The molecular formula is C12H21N3O2. The molecule has 0 spiro atoms. The smallest absolute Gasteiger partial charge is 0.240 e. The first kappa shape index (κ1) is 12.5. The van der Waals surface area contributed by atoms with Gasteiger partial charge in [0.25, 0.3) is 0 Å². The van der Waals surface area contributed by atoms with Crippen LogP contribution in [0.25, 0.3) is 0 Å². The highest BCUT2D eigenvalue weighted by atomic mass is 16.5. The molecule has 96 valence electrons. The van der Waals surface area contributed by atoms with Gasteiger partial charge in [0, 0.05) is 12.6 Å². The Kier molecular flexibility index (Phi) is 3.79. The van der Waals surface area contributed by atoms with Crippen LogP contribution in [0.2, 0.25) is 0 Å². The highest BCUT2D eigenvalue weighted by molar-refractivity contribution is 5.00. The molecule has 1 aliphatic rings. The fourth-order valence-electron chi connectivity index (χ4n) is 1.94. The maximum Gasteiger partial charge on any atom is 0.240 e. The minimum atomic E-state index is -0.363. The first-order valence-electron chi connectivity index (χ1n) is 6.30. The number of hydrogen-bond donors (Lipinski definition) is 1. The Balaban J connectivity index is 2.01. The van der Waals surface area contributed by atoms with Gasteiger partial charge in [-0.2, -0.15) is 4.98 Å². The van der Waals surface area contributed by atoms with Crippen LogP contribution in [-0.2, 0) is 16.9 Å². The molecule has 1 fully saturated rings. The van der Waals surface area contributed by atoms with Crippen molar-refractivity contribution < 1.29 is 9.26 Å². The largest absolute Gasteiger partial charge is 0.367 e. The van der Waals surface area contributed by atoms with Gasteiger partial charge in [0.15, 0.2) is 0 Å². The molecule has 0 aromatic carbocycles. The predicted octanol–water partition coefficient (Wildman–Crippen LogP) is 1.98. The Labute approximate surface area is 102 Å². The fraction of sp³-hybridized carbons (Fsp3) is 0.833. The van der Waals surface area contributed by atoms with Crippen molar-refractivity contribution in [2.24, 2.45) is 0 Å². The summed E-state index contributed by atoms with van der Waals surface area (Å²) in [7, 11) is 0. The standard InChI is InChI=1S/C12H21N3O2/c1-9(2)13-8-10-14-11(15-17-10)12(3)6-4-5-7-16-12/h9,13H,4-8H2,1-3H3. The van der Waals surface area contributed by atoms with E-state index in [4.69, 9.17) is 9.26 Å². The lowest BCUT2D eigenvalue weighted by Gasteiger charge is -2.30. The third-order valence-electron chi connectivity index (χ3n) is 3.07. The second-order valence-corrected chi connectivity index (χ2v) is 5.08. The van der Waals surface area contributed by atoms with E-state index in [-0.39, 0.29) is 5.60 Å². The molecule has 5 nitrogen and oxygen atoms in total. The average molecular weight is 239 g/mol. The van der Waals surface area contributed by atoms with Gasteiger partial charge in [0.1, 0.15) is 5.60 Å². The van der Waals surface area contributed by atoms with Gasteiger partial charge in [0.2, 0.25) is 11.7 Å². The minimum absolute atomic E-state index is 0.363. The van der Waals surface area contributed by atoms with Crippen LogP contribution in [0.4, 0.5) is 0 Å². The van der Waals surface area contributed by atoms with Crippen molar-refractivity contribution in [2.45, 2.75) is 58.2 Å². The van der Waals surface area contributed by atoms with Gasteiger partial charge in [-0.15, -0.1) is 0 Å². The molecule has 1 unspecified atom stereocenters. The summed E-state index contributed by atoms with van der Waals surface area (Å²) in [6.45, 7) is 7.60. The number of nitrogens with zero attached hydrogens (tertiary/aromatic N) is 2. The van der Waals surface area contributed by atoms with E-state index < -0.39 is 0 Å². The third-order valence-corrected chi connectivity index (χ3v) is 3.07. The zero-order chi connectivity index (χ0) is 12.3. The summed E-state index contributed by atoms with van der Waals surface area (Å²) in [5.41, 5.74) is -0.363. The van der Waals surface area contributed by atoms with Crippen molar-refractivity contribution in [1.82, 2.24) is 15.5 Å². The van der Waals surface area contributed by atoms with E-state index in [1.807, 2.05) is 6.92 Å². The van der Waals surface area contributed by atoms with Crippen LogP contribution in [0, 0.1) is 0 Å². The second kappa shape index (κ2) is 5.14. The van der Waals surface area contributed by atoms with Gasteiger partial charge in [-0.1, -0.05) is 19.0 Å². The third kappa shape index (κ3) is 3.04. The van der Waals surface area contributed by atoms with Gasteiger partial charge in [-0.3, -0.25) is 0 Å². The molecule has 1 saturated heterocycles. The van der Waals surface area contributed by atoms with Crippen molar-refractivity contribution in [3.8, 4) is 0 Å². The van der Waals surface area contributed by atoms with E-state index in [9.17, 15) is 0 Å². The number of rotatable bonds is 4. The van der Waals surface area contributed by atoms with Gasteiger partial charge in [-0.25, -0.2) is 0 Å². The van der Waals surface area contributed by atoms with Crippen LogP contribution in [0.1, 0.15) is 51.7 Å². The molecule has 0 saturated carbocycles. The van der Waals surface area contributed by atoms with Crippen LogP contribution in [0.15, 0.2) is 4.52 Å². The summed E-state index contributed by atoms with van der Waals surface area (Å²) >= 11 is 0. The van der Waals surface area contributed by atoms with Crippen LogP contribution in [-0.4, -0.2) is 22.8 Å². The fourth-order valence-corrected chi connectivity index (χ4v) is 1.94. The second-order valence-electron chi connectivity index (χ2n) is 5.08. The molecule has 1 aliphatic heterocycles. The average Bonchev–Trinajstić information content (AvgIpc) is 2.76. The Morgan fingerprint density at radius 2 is 2.24 bits per heavy atom. The molecule has 0 amide bonds. The lowest BCUT2D eigenvalue weighted by Crippen LogP contribution is -2.31.